The number of nitrogens with one attached hydrogen (secondary N) is 2. The number of aliphatic hydroxyl groups is 1. The van der Waals surface area contributed by atoms with Crippen molar-refractivity contribution in [2.24, 2.45) is 0 Å². The number of hydrogen-bond acceptors (Lipinski definition) is 3. The molecule has 3 N–H and O–H groups in total. The summed E-state index contributed by atoms with van der Waals surface area (Å²) in [4.78, 5) is 25.0. The Hall–Kier alpha value is -1.62. The number of hydrogen-bond donors (Lipinski definition) is 3. The molecule has 0 aliphatic carbocycles. The molecule has 94 valence electrons. The summed E-state index contributed by atoms with van der Waals surface area (Å²) in [7, 11) is 0. The molecule has 0 saturated carbocycles. The second kappa shape index (κ2) is 7.62. The fraction of sp³-hybridized carbons (Fsp3) is 0.500. The van der Waals surface area contributed by atoms with Crippen molar-refractivity contribution >= 4 is 5.91 Å². The van der Waals surface area contributed by atoms with Gasteiger partial charge in [-0.05, 0) is 18.9 Å². The zero-order valence-corrected chi connectivity index (χ0v) is 9.74. The molecule has 0 radical (unpaired) electrons. The first-order chi connectivity index (χ1) is 8.24. The van der Waals surface area contributed by atoms with Crippen molar-refractivity contribution < 1.29 is 9.90 Å². The number of aromatic nitrogens is 1. The zero-order chi connectivity index (χ0) is 12.5. The van der Waals surface area contributed by atoms with Crippen molar-refractivity contribution in [2.45, 2.75) is 25.7 Å². The highest BCUT2D eigenvalue weighted by Gasteiger charge is 2.04. The first-order valence-electron chi connectivity index (χ1n) is 5.82. The molecular formula is C12H18N2O3. The van der Waals surface area contributed by atoms with Gasteiger partial charge in [-0.25, -0.2) is 0 Å². The van der Waals surface area contributed by atoms with E-state index >= 15 is 0 Å². The van der Waals surface area contributed by atoms with E-state index in [4.69, 9.17) is 5.11 Å². The number of aromatic amines is 1. The van der Waals surface area contributed by atoms with Gasteiger partial charge in [-0.2, -0.15) is 0 Å². The molecule has 1 aromatic heterocycles. The fourth-order valence-electron chi connectivity index (χ4n) is 1.48. The summed E-state index contributed by atoms with van der Waals surface area (Å²) in [5, 5.41) is 11.3. The molecule has 17 heavy (non-hydrogen) atoms. The van der Waals surface area contributed by atoms with E-state index in [1.54, 1.807) is 6.07 Å². The smallest absolute Gasteiger partial charge is 0.251 e. The van der Waals surface area contributed by atoms with E-state index in [0.717, 1.165) is 25.7 Å². The third-order valence-corrected chi connectivity index (χ3v) is 2.41. The Bertz CT molecular complexity index is 401. The molecule has 5 nitrogen and oxygen atoms in total. The lowest BCUT2D eigenvalue weighted by Gasteiger charge is -2.04. The molecule has 0 aromatic carbocycles. The van der Waals surface area contributed by atoms with Gasteiger partial charge in [0.25, 0.3) is 5.91 Å². The number of unbranched alkanes of at least 4 members (excludes halogenated alkanes) is 3. The summed E-state index contributed by atoms with van der Waals surface area (Å²) in [5.74, 6) is -0.224. The molecule has 0 saturated heterocycles. The Kier molecular flexibility index (Phi) is 6.03. The Morgan fingerprint density at radius 2 is 2.06 bits per heavy atom. The van der Waals surface area contributed by atoms with Crippen molar-refractivity contribution in [3.63, 3.8) is 0 Å². The standard InChI is InChI=1S/C12H18N2O3/c15-8-4-2-1-3-6-14-12(17)10-5-7-13-11(16)9-10/h5,7,9,15H,1-4,6,8H2,(H,13,16)(H,14,17). The molecule has 1 rings (SSSR count). The van der Waals surface area contributed by atoms with E-state index in [2.05, 4.69) is 10.3 Å². The van der Waals surface area contributed by atoms with Gasteiger partial charge in [-0.15, -0.1) is 0 Å². The normalized spacial score (nSPS) is 10.2. The Labute approximate surface area is 99.9 Å². The monoisotopic (exact) mass is 238 g/mol. The Balaban J connectivity index is 2.24. The van der Waals surface area contributed by atoms with Crippen LogP contribution in [0.15, 0.2) is 23.1 Å². The van der Waals surface area contributed by atoms with Crippen LogP contribution in [0.2, 0.25) is 0 Å². The van der Waals surface area contributed by atoms with Crippen LogP contribution in [0.3, 0.4) is 0 Å². The third-order valence-electron chi connectivity index (χ3n) is 2.41. The number of pyridine rings is 1. The molecule has 0 fully saturated rings. The minimum atomic E-state index is -0.277. The number of rotatable bonds is 7. The van der Waals surface area contributed by atoms with E-state index in [9.17, 15) is 9.59 Å². The van der Waals surface area contributed by atoms with Gasteiger partial charge >= 0.3 is 0 Å². The lowest BCUT2D eigenvalue weighted by molar-refractivity contribution is 0.0952. The minimum absolute atomic E-state index is 0.221. The van der Waals surface area contributed by atoms with Crippen molar-refractivity contribution in [1.82, 2.24) is 10.3 Å². The lowest BCUT2D eigenvalue weighted by atomic mass is 10.2. The molecule has 0 atom stereocenters. The topological polar surface area (TPSA) is 82.2 Å². The molecule has 0 spiro atoms. The summed E-state index contributed by atoms with van der Waals surface area (Å²) in [6, 6.07) is 2.85. The highest BCUT2D eigenvalue weighted by atomic mass is 16.2. The number of amides is 1. The van der Waals surface area contributed by atoms with Gasteiger partial charge in [0.1, 0.15) is 0 Å². The molecule has 1 aromatic rings. The summed E-state index contributed by atoms with van der Waals surface area (Å²) in [6.07, 6.45) is 5.10. The van der Waals surface area contributed by atoms with Crippen LogP contribution in [0, 0.1) is 0 Å². The van der Waals surface area contributed by atoms with Crippen molar-refractivity contribution in [1.29, 1.82) is 0 Å². The Morgan fingerprint density at radius 3 is 2.76 bits per heavy atom. The van der Waals surface area contributed by atoms with Gasteiger partial charge in [0.15, 0.2) is 0 Å². The quantitative estimate of drug-likeness (QED) is 0.610. The van der Waals surface area contributed by atoms with Crippen molar-refractivity contribution in [2.75, 3.05) is 13.2 Å². The van der Waals surface area contributed by atoms with Crippen LogP contribution in [-0.2, 0) is 0 Å². The van der Waals surface area contributed by atoms with Gasteiger partial charge in [0.2, 0.25) is 5.56 Å². The van der Waals surface area contributed by atoms with Crippen LogP contribution in [-0.4, -0.2) is 29.1 Å². The second-order valence-electron chi connectivity index (χ2n) is 3.84. The highest BCUT2D eigenvalue weighted by Crippen LogP contribution is 1.98. The van der Waals surface area contributed by atoms with Crippen molar-refractivity contribution in [3.8, 4) is 0 Å². The van der Waals surface area contributed by atoms with E-state index in [0.29, 0.717) is 12.1 Å². The highest BCUT2D eigenvalue weighted by molar-refractivity contribution is 5.93. The van der Waals surface area contributed by atoms with Gasteiger partial charge in [0, 0.05) is 31.0 Å². The molecule has 0 bridgehead atoms. The fourth-order valence-corrected chi connectivity index (χ4v) is 1.48. The molecule has 0 aliphatic rings. The Morgan fingerprint density at radius 1 is 1.29 bits per heavy atom. The van der Waals surface area contributed by atoms with Gasteiger partial charge in [-0.1, -0.05) is 12.8 Å². The lowest BCUT2D eigenvalue weighted by Crippen LogP contribution is -2.25. The largest absolute Gasteiger partial charge is 0.396 e. The molecular weight excluding hydrogens is 220 g/mol. The zero-order valence-electron chi connectivity index (χ0n) is 9.74. The maximum absolute atomic E-state index is 11.6. The maximum atomic E-state index is 11.6. The molecule has 5 heteroatoms. The second-order valence-corrected chi connectivity index (χ2v) is 3.84. The van der Waals surface area contributed by atoms with Crippen LogP contribution in [0.4, 0.5) is 0 Å². The van der Waals surface area contributed by atoms with E-state index in [1.165, 1.54) is 12.3 Å². The molecule has 0 aliphatic heterocycles. The van der Waals surface area contributed by atoms with Gasteiger partial charge in [0.05, 0.1) is 0 Å². The minimum Gasteiger partial charge on any atom is -0.396 e. The van der Waals surface area contributed by atoms with E-state index in [-0.39, 0.29) is 18.1 Å². The maximum Gasteiger partial charge on any atom is 0.251 e. The number of H-pyrrole nitrogens is 1. The number of carbonyl (C=O) groups excluding carboxylic acids is 1. The average Bonchev–Trinajstić information content (AvgIpc) is 2.33. The predicted molar refractivity (Wildman–Crippen MR) is 64.9 cm³/mol. The van der Waals surface area contributed by atoms with Crippen LogP contribution in [0.25, 0.3) is 0 Å². The first kappa shape index (κ1) is 13.4. The summed E-state index contributed by atoms with van der Waals surface area (Å²) < 4.78 is 0. The van der Waals surface area contributed by atoms with Gasteiger partial charge in [-0.3, -0.25) is 9.59 Å². The molecule has 1 amide bonds. The summed E-state index contributed by atoms with van der Waals surface area (Å²) in [6.45, 7) is 0.816. The van der Waals surface area contributed by atoms with Crippen LogP contribution in [0.1, 0.15) is 36.0 Å². The van der Waals surface area contributed by atoms with Crippen LogP contribution in [0.5, 0.6) is 0 Å². The summed E-state index contributed by atoms with van der Waals surface area (Å²) in [5.41, 5.74) is 0.102. The van der Waals surface area contributed by atoms with E-state index in [1.807, 2.05) is 0 Å². The van der Waals surface area contributed by atoms with Crippen molar-refractivity contribution in [3.05, 3.63) is 34.2 Å². The molecule has 0 unspecified atom stereocenters. The first-order valence-corrected chi connectivity index (χ1v) is 5.82. The summed E-state index contributed by atoms with van der Waals surface area (Å²) >= 11 is 0. The van der Waals surface area contributed by atoms with Crippen LogP contribution < -0.4 is 10.9 Å². The number of carbonyl (C=O) groups is 1. The third kappa shape index (κ3) is 5.31. The molecule has 1 heterocycles. The average molecular weight is 238 g/mol. The predicted octanol–water partition coefficient (Wildman–Crippen LogP) is 0.657. The van der Waals surface area contributed by atoms with E-state index < -0.39 is 0 Å². The number of aliphatic hydroxyl groups excluding tert-OH is 1. The SMILES string of the molecule is O=C(NCCCCCCO)c1cc[nH]c(=O)c1. The van der Waals surface area contributed by atoms with Gasteiger partial charge < -0.3 is 15.4 Å². The van der Waals surface area contributed by atoms with Crippen LogP contribution >= 0.6 is 0 Å².